The largest absolute Gasteiger partial charge is 0.349 e. The Kier molecular flexibility index (Phi) is 5.22. The number of fused-ring (bicyclic) bond motifs is 2. The number of benzene rings is 1. The van der Waals surface area contributed by atoms with Gasteiger partial charge in [0, 0.05) is 17.6 Å². The molecule has 0 spiro atoms. The van der Waals surface area contributed by atoms with Gasteiger partial charge in [0.2, 0.25) is 0 Å². The second kappa shape index (κ2) is 6.75. The predicted octanol–water partition coefficient (Wildman–Crippen LogP) is 2.88. The Morgan fingerprint density at radius 2 is 1.90 bits per heavy atom. The third-order valence-electron chi connectivity index (χ3n) is 4.76. The van der Waals surface area contributed by atoms with Crippen LogP contribution in [0.2, 0.25) is 0 Å². The molecule has 1 aromatic rings. The molecule has 0 saturated heterocycles. The second-order valence-corrected chi connectivity index (χ2v) is 6.19. The summed E-state index contributed by atoms with van der Waals surface area (Å²) in [4.78, 5) is 12.3. The van der Waals surface area contributed by atoms with Gasteiger partial charge in [0.05, 0.1) is 0 Å². The van der Waals surface area contributed by atoms with E-state index in [0.29, 0.717) is 17.4 Å². The number of hydrogen-bond acceptors (Lipinski definition) is 2. The number of carbonyl (C=O) groups is 1. The highest BCUT2D eigenvalue weighted by Crippen LogP contribution is 2.39. The molecule has 21 heavy (non-hydrogen) atoms. The number of nitrogens with two attached hydrogens (primary N) is 1. The lowest BCUT2D eigenvalue weighted by Gasteiger charge is -2.45. The van der Waals surface area contributed by atoms with Crippen LogP contribution in [0.3, 0.4) is 0 Å². The van der Waals surface area contributed by atoms with Gasteiger partial charge in [-0.25, -0.2) is 4.39 Å². The van der Waals surface area contributed by atoms with Crippen LogP contribution in [0.1, 0.15) is 42.5 Å². The molecule has 2 aliphatic carbocycles. The minimum absolute atomic E-state index is 0. The number of halogens is 2. The van der Waals surface area contributed by atoms with Crippen molar-refractivity contribution in [2.45, 2.75) is 44.2 Å². The summed E-state index contributed by atoms with van der Waals surface area (Å²) in [5, 5.41) is 3.12. The molecule has 2 atom stereocenters. The summed E-state index contributed by atoms with van der Waals surface area (Å²) in [5.74, 6) is 0.426. The van der Waals surface area contributed by atoms with Gasteiger partial charge < -0.3 is 11.1 Å². The van der Waals surface area contributed by atoms with Crippen LogP contribution in [-0.4, -0.2) is 18.0 Å². The first-order valence-electron chi connectivity index (χ1n) is 7.45. The van der Waals surface area contributed by atoms with E-state index in [-0.39, 0.29) is 36.2 Å². The van der Waals surface area contributed by atoms with E-state index in [4.69, 9.17) is 5.73 Å². The van der Waals surface area contributed by atoms with Crippen molar-refractivity contribution in [2.24, 2.45) is 17.6 Å². The molecule has 0 radical (unpaired) electrons. The van der Waals surface area contributed by atoms with Crippen LogP contribution < -0.4 is 11.1 Å². The van der Waals surface area contributed by atoms with Crippen molar-refractivity contribution in [3.8, 4) is 0 Å². The number of carbonyl (C=O) groups excluding carboxylic acids is 1. The summed E-state index contributed by atoms with van der Waals surface area (Å²) in [6.45, 7) is 0. The van der Waals surface area contributed by atoms with Gasteiger partial charge in [-0.2, -0.15) is 0 Å². The lowest BCUT2D eigenvalue weighted by atomic mass is 9.67. The van der Waals surface area contributed by atoms with Crippen molar-refractivity contribution in [1.29, 1.82) is 0 Å². The first-order valence-corrected chi connectivity index (χ1v) is 7.45. The van der Waals surface area contributed by atoms with Gasteiger partial charge in [-0.15, -0.1) is 12.4 Å². The zero-order valence-electron chi connectivity index (χ0n) is 11.9. The zero-order valence-corrected chi connectivity index (χ0v) is 12.7. The van der Waals surface area contributed by atoms with Crippen LogP contribution >= 0.6 is 12.4 Å². The van der Waals surface area contributed by atoms with Gasteiger partial charge in [-0.1, -0.05) is 12.5 Å². The summed E-state index contributed by atoms with van der Waals surface area (Å²) in [5.41, 5.74) is 6.49. The van der Waals surface area contributed by atoms with E-state index in [0.717, 1.165) is 25.7 Å². The van der Waals surface area contributed by atoms with E-state index >= 15 is 0 Å². The summed E-state index contributed by atoms with van der Waals surface area (Å²) in [7, 11) is 0. The molecule has 1 amide bonds. The fourth-order valence-corrected chi connectivity index (χ4v) is 3.89. The maximum atomic E-state index is 13.2. The summed E-state index contributed by atoms with van der Waals surface area (Å²) in [6.07, 6.45) is 5.49. The molecule has 2 saturated carbocycles. The summed E-state index contributed by atoms with van der Waals surface area (Å²) >= 11 is 0. The highest BCUT2D eigenvalue weighted by atomic mass is 35.5. The van der Waals surface area contributed by atoms with Gasteiger partial charge in [-0.05, 0) is 55.7 Å². The maximum Gasteiger partial charge on any atom is 0.251 e. The van der Waals surface area contributed by atoms with Crippen molar-refractivity contribution in [2.75, 3.05) is 0 Å². The van der Waals surface area contributed by atoms with E-state index in [9.17, 15) is 9.18 Å². The normalized spacial score (nSPS) is 31.1. The quantitative estimate of drug-likeness (QED) is 0.882. The molecular formula is C16H22ClFN2O. The van der Waals surface area contributed by atoms with Crippen molar-refractivity contribution in [1.82, 2.24) is 5.32 Å². The lowest BCUT2D eigenvalue weighted by molar-refractivity contribution is 0.0755. The highest BCUT2D eigenvalue weighted by molar-refractivity contribution is 5.94. The van der Waals surface area contributed by atoms with Gasteiger partial charge in [0.15, 0.2) is 0 Å². The maximum absolute atomic E-state index is 13.2. The Balaban J connectivity index is 0.00000161. The van der Waals surface area contributed by atoms with Gasteiger partial charge in [0.25, 0.3) is 5.91 Å². The second-order valence-electron chi connectivity index (χ2n) is 6.19. The number of hydrogen-bond donors (Lipinski definition) is 2. The lowest BCUT2D eigenvalue weighted by Crippen LogP contribution is -2.53. The van der Waals surface area contributed by atoms with Gasteiger partial charge in [0.1, 0.15) is 5.82 Å². The molecule has 0 aromatic heterocycles. The standard InChI is InChI=1S/C16H21FN2O.ClH/c17-13-6-2-5-12(7-13)16(20)19-15-10-3-1-4-11(15)9-14(18)8-10;/h2,5-7,10-11,14-15H,1,3-4,8-9,18H2,(H,19,20);1H. The smallest absolute Gasteiger partial charge is 0.251 e. The van der Waals surface area contributed by atoms with E-state index in [1.807, 2.05) is 0 Å². The highest BCUT2D eigenvalue weighted by Gasteiger charge is 2.39. The Hall–Kier alpha value is -1.13. The van der Waals surface area contributed by atoms with E-state index in [2.05, 4.69) is 5.32 Å². The first-order chi connectivity index (χ1) is 9.63. The van der Waals surface area contributed by atoms with Gasteiger partial charge in [-0.3, -0.25) is 4.79 Å². The van der Waals surface area contributed by atoms with Gasteiger partial charge >= 0.3 is 0 Å². The van der Waals surface area contributed by atoms with Crippen LogP contribution in [0, 0.1) is 17.7 Å². The molecule has 2 aliphatic rings. The topological polar surface area (TPSA) is 55.1 Å². The van der Waals surface area contributed by atoms with Crippen molar-refractivity contribution in [3.63, 3.8) is 0 Å². The van der Waals surface area contributed by atoms with E-state index in [1.165, 1.54) is 18.6 Å². The Morgan fingerprint density at radius 3 is 2.52 bits per heavy atom. The van der Waals surface area contributed by atoms with E-state index < -0.39 is 0 Å². The fraction of sp³-hybridized carbons (Fsp3) is 0.562. The fourth-order valence-electron chi connectivity index (χ4n) is 3.89. The number of amides is 1. The SMILES string of the molecule is Cl.NC1CC2CCCC(C1)C2NC(=O)c1cccc(F)c1. The molecule has 116 valence electrons. The van der Waals surface area contributed by atoms with Crippen molar-refractivity contribution in [3.05, 3.63) is 35.6 Å². The Labute approximate surface area is 130 Å². The molecule has 3 rings (SSSR count). The van der Waals surface area contributed by atoms with Crippen molar-refractivity contribution >= 4 is 18.3 Å². The molecule has 2 bridgehead atoms. The van der Waals surface area contributed by atoms with Crippen LogP contribution in [0.25, 0.3) is 0 Å². The monoisotopic (exact) mass is 312 g/mol. The molecule has 0 aliphatic heterocycles. The molecule has 3 nitrogen and oxygen atoms in total. The third kappa shape index (κ3) is 3.55. The average Bonchev–Trinajstić information content (AvgIpc) is 2.39. The molecule has 0 heterocycles. The molecule has 3 N–H and O–H groups in total. The van der Waals surface area contributed by atoms with Crippen LogP contribution in [0.4, 0.5) is 4.39 Å². The minimum Gasteiger partial charge on any atom is -0.349 e. The van der Waals surface area contributed by atoms with Crippen molar-refractivity contribution < 1.29 is 9.18 Å². The van der Waals surface area contributed by atoms with Crippen LogP contribution in [-0.2, 0) is 0 Å². The van der Waals surface area contributed by atoms with Crippen LogP contribution in [0.15, 0.2) is 24.3 Å². The van der Waals surface area contributed by atoms with E-state index in [1.54, 1.807) is 12.1 Å². The first kappa shape index (κ1) is 16.2. The molecule has 2 unspecified atom stereocenters. The average molecular weight is 313 g/mol. The molecule has 1 aromatic carbocycles. The third-order valence-corrected chi connectivity index (χ3v) is 4.76. The zero-order chi connectivity index (χ0) is 14.1. The molecule has 5 heteroatoms. The Morgan fingerprint density at radius 1 is 1.24 bits per heavy atom. The summed E-state index contributed by atoms with van der Waals surface area (Å²) in [6, 6.07) is 6.35. The minimum atomic E-state index is -0.372. The number of rotatable bonds is 2. The van der Waals surface area contributed by atoms with Crippen LogP contribution in [0.5, 0.6) is 0 Å². The number of nitrogens with one attached hydrogen (secondary N) is 1. The summed E-state index contributed by atoms with van der Waals surface area (Å²) < 4.78 is 13.2. The molecular weight excluding hydrogens is 291 g/mol. The Bertz CT molecular complexity index is 497. The predicted molar refractivity (Wildman–Crippen MR) is 82.9 cm³/mol. The molecule has 2 fully saturated rings.